The maximum atomic E-state index is 13.2. The van der Waals surface area contributed by atoms with Crippen molar-refractivity contribution in [3.63, 3.8) is 0 Å². The van der Waals surface area contributed by atoms with E-state index in [9.17, 15) is 13.2 Å². The zero-order chi connectivity index (χ0) is 19.9. The summed E-state index contributed by atoms with van der Waals surface area (Å²) in [6, 6.07) is 12.6. The van der Waals surface area contributed by atoms with Crippen LogP contribution < -0.4 is 9.62 Å². The van der Waals surface area contributed by atoms with Crippen molar-refractivity contribution in [2.75, 3.05) is 17.4 Å². The molecular weight excluding hydrogens is 407 g/mol. The lowest BCUT2D eigenvalue weighted by atomic mass is 10.2. The predicted octanol–water partition coefficient (Wildman–Crippen LogP) is 4.50. The molecule has 5 nitrogen and oxygen atoms in total. The highest BCUT2D eigenvalue weighted by molar-refractivity contribution is 7.92. The van der Waals surface area contributed by atoms with E-state index in [1.54, 1.807) is 30.3 Å². The van der Waals surface area contributed by atoms with Crippen LogP contribution in [0.5, 0.6) is 0 Å². The van der Waals surface area contributed by atoms with Crippen LogP contribution >= 0.6 is 23.2 Å². The summed E-state index contributed by atoms with van der Waals surface area (Å²) >= 11 is 12.3. The van der Waals surface area contributed by atoms with Crippen LogP contribution in [0.25, 0.3) is 0 Å². The molecule has 0 unspecified atom stereocenters. The Morgan fingerprint density at radius 3 is 2.41 bits per heavy atom. The SMILES string of the molecule is CCCCCNC(=O)CN(c1cccc(Cl)c1Cl)S(=O)(=O)c1ccccc1. The van der Waals surface area contributed by atoms with Gasteiger partial charge < -0.3 is 5.32 Å². The molecule has 0 aliphatic heterocycles. The highest BCUT2D eigenvalue weighted by Crippen LogP contribution is 2.35. The van der Waals surface area contributed by atoms with Gasteiger partial charge in [-0.15, -0.1) is 0 Å². The maximum Gasteiger partial charge on any atom is 0.264 e. The molecule has 0 saturated carbocycles. The van der Waals surface area contributed by atoms with Gasteiger partial charge in [0.05, 0.1) is 20.6 Å². The van der Waals surface area contributed by atoms with Gasteiger partial charge in [0.2, 0.25) is 5.91 Å². The molecule has 1 amide bonds. The minimum absolute atomic E-state index is 0.0693. The number of sulfonamides is 1. The van der Waals surface area contributed by atoms with Crippen molar-refractivity contribution in [2.45, 2.75) is 31.1 Å². The summed E-state index contributed by atoms with van der Waals surface area (Å²) in [4.78, 5) is 12.4. The standard InChI is InChI=1S/C19H22Cl2N2O3S/c1-2-3-7-13-22-18(24)14-23(17-12-8-11-16(20)19(17)21)27(25,26)15-9-5-4-6-10-15/h4-6,8-12H,2-3,7,13-14H2,1H3,(H,22,24). The molecule has 0 aliphatic carbocycles. The minimum atomic E-state index is -3.99. The summed E-state index contributed by atoms with van der Waals surface area (Å²) in [5.41, 5.74) is 0.164. The van der Waals surface area contributed by atoms with Gasteiger partial charge in [-0.2, -0.15) is 0 Å². The van der Waals surface area contributed by atoms with E-state index in [0.717, 1.165) is 23.6 Å². The zero-order valence-electron chi connectivity index (χ0n) is 15.0. The summed E-state index contributed by atoms with van der Waals surface area (Å²) in [5.74, 6) is -0.401. The number of anilines is 1. The van der Waals surface area contributed by atoms with Gasteiger partial charge in [-0.25, -0.2) is 8.42 Å². The molecule has 1 N–H and O–H groups in total. The van der Waals surface area contributed by atoms with Crippen molar-refractivity contribution in [3.05, 3.63) is 58.6 Å². The highest BCUT2D eigenvalue weighted by Gasteiger charge is 2.29. The second-order valence-electron chi connectivity index (χ2n) is 5.95. The first-order valence-corrected chi connectivity index (χ1v) is 10.9. The fourth-order valence-corrected chi connectivity index (χ4v) is 4.40. The van der Waals surface area contributed by atoms with Crippen LogP contribution in [0.3, 0.4) is 0 Å². The summed E-state index contributed by atoms with van der Waals surface area (Å²) in [6.07, 6.45) is 2.86. The molecule has 0 aromatic heterocycles. The van der Waals surface area contributed by atoms with Crippen molar-refractivity contribution in [2.24, 2.45) is 0 Å². The number of carbonyl (C=O) groups excluding carboxylic acids is 1. The number of hydrogen-bond donors (Lipinski definition) is 1. The average Bonchev–Trinajstić information content (AvgIpc) is 2.66. The predicted molar refractivity (Wildman–Crippen MR) is 110 cm³/mol. The van der Waals surface area contributed by atoms with Crippen LogP contribution in [0.1, 0.15) is 26.2 Å². The Morgan fingerprint density at radius 1 is 1.04 bits per heavy atom. The number of amides is 1. The van der Waals surface area contributed by atoms with Gasteiger partial charge in [-0.3, -0.25) is 9.10 Å². The number of halogens is 2. The molecule has 0 fully saturated rings. The van der Waals surface area contributed by atoms with Crippen LogP contribution in [0.4, 0.5) is 5.69 Å². The summed E-state index contributed by atoms with van der Waals surface area (Å²) < 4.78 is 27.3. The Balaban J connectivity index is 2.35. The number of rotatable bonds is 9. The van der Waals surface area contributed by atoms with Gasteiger partial charge in [-0.05, 0) is 30.7 Å². The molecular formula is C19H22Cl2N2O3S. The van der Waals surface area contributed by atoms with Crippen LogP contribution in [0.15, 0.2) is 53.4 Å². The Kier molecular flexibility index (Phi) is 7.95. The summed E-state index contributed by atoms with van der Waals surface area (Å²) in [6.45, 7) is 2.18. The van der Waals surface area contributed by atoms with Crippen LogP contribution in [-0.2, 0) is 14.8 Å². The van der Waals surface area contributed by atoms with Crippen molar-refractivity contribution in [1.29, 1.82) is 0 Å². The van der Waals surface area contributed by atoms with Crippen molar-refractivity contribution < 1.29 is 13.2 Å². The van der Waals surface area contributed by atoms with E-state index in [4.69, 9.17) is 23.2 Å². The van der Waals surface area contributed by atoms with E-state index in [2.05, 4.69) is 12.2 Å². The van der Waals surface area contributed by atoms with Crippen LogP contribution in [0, 0.1) is 0 Å². The first-order valence-electron chi connectivity index (χ1n) is 8.66. The lowest BCUT2D eigenvalue weighted by molar-refractivity contribution is -0.119. The Labute approximate surface area is 170 Å². The molecule has 8 heteroatoms. The lowest BCUT2D eigenvalue weighted by Crippen LogP contribution is -2.41. The number of carbonyl (C=O) groups is 1. The maximum absolute atomic E-state index is 13.2. The third-order valence-electron chi connectivity index (χ3n) is 3.92. The molecule has 0 atom stereocenters. The summed E-state index contributed by atoms with van der Waals surface area (Å²) in [5, 5.41) is 3.05. The third kappa shape index (κ3) is 5.61. The molecule has 0 heterocycles. The zero-order valence-corrected chi connectivity index (χ0v) is 17.3. The molecule has 2 aromatic carbocycles. The van der Waals surface area contributed by atoms with Gasteiger partial charge in [0, 0.05) is 6.54 Å². The number of nitrogens with zero attached hydrogens (tertiary/aromatic N) is 1. The molecule has 0 saturated heterocycles. The minimum Gasteiger partial charge on any atom is -0.355 e. The molecule has 146 valence electrons. The Hall–Kier alpha value is -1.76. The molecule has 0 radical (unpaired) electrons. The number of hydrogen-bond acceptors (Lipinski definition) is 3. The Morgan fingerprint density at radius 2 is 1.74 bits per heavy atom. The molecule has 0 bridgehead atoms. The van der Waals surface area contributed by atoms with E-state index < -0.39 is 15.9 Å². The van der Waals surface area contributed by atoms with Crippen molar-refractivity contribution in [1.82, 2.24) is 5.32 Å². The van der Waals surface area contributed by atoms with Crippen LogP contribution in [-0.4, -0.2) is 27.4 Å². The van der Waals surface area contributed by atoms with E-state index in [1.807, 2.05) is 0 Å². The van der Waals surface area contributed by atoms with Crippen LogP contribution in [0.2, 0.25) is 10.0 Å². The van der Waals surface area contributed by atoms with Gasteiger partial charge in [0.15, 0.2) is 0 Å². The topological polar surface area (TPSA) is 66.5 Å². The van der Waals surface area contributed by atoms with E-state index in [1.165, 1.54) is 18.2 Å². The van der Waals surface area contributed by atoms with Gasteiger partial charge in [0.1, 0.15) is 6.54 Å². The first-order chi connectivity index (χ1) is 12.9. The number of unbranched alkanes of at least 4 members (excludes halogenated alkanes) is 2. The fourth-order valence-electron chi connectivity index (χ4n) is 2.49. The van der Waals surface area contributed by atoms with Crippen molar-refractivity contribution >= 4 is 44.8 Å². The monoisotopic (exact) mass is 428 g/mol. The average molecular weight is 429 g/mol. The highest BCUT2D eigenvalue weighted by atomic mass is 35.5. The van der Waals surface area contributed by atoms with Gasteiger partial charge in [-0.1, -0.05) is 67.2 Å². The van der Waals surface area contributed by atoms with Gasteiger partial charge in [0.25, 0.3) is 10.0 Å². The summed E-state index contributed by atoms with van der Waals surface area (Å²) in [7, 11) is -3.99. The fraction of sp³-hybridized carbons (Fsp3) is 0.316. The molecule has 0 aliphatic rings. The second kappa shape index (κ2) is 9.97. The van der Waals surface area contributed by atoms with E-state index in [-0.39, 0.29) is 27.2 Å². The van der Waals surface area contributed by atoms with E-state index in [0.29, 0.717) is 6.54 Å². The molecule has 27 heavy (non-hydrogen) atoms. The van der Waals surface area contributed by atoms with Gasteiger partial charge >= 0.3 is 0 Å². The normalized spacial score (nSPS) is 11.2. The number of benzene rings is 2. The third-order valence-corrected chi connectivity index (χ3v) is 6.50. The van der Waals surface area contributed by atoms with Crippen molar-refractivity contribution in [3.8, 4) is 0 Å². The number of nitrogens with one attached hydrogen (secondary N) is 1. The Bertz CT molecular complexity index is 874. The smallest absolute Gasteiger partial charge is 0.264 e. The molecule has 2 rings (SSSR count). The molecule has 2 aromatic rings. The molecule has 0 spiro atoms. The first kappa shape index (κ1) is 21.5. The second-order valence-corrected chi connectivity index (χ2v) is 8.60. The largest absolute Gasteiger partial charge is 0.355 e. The van der Waals surface area contributed by atoms with E-state index >= 15 is 0 Å². The lowest BCUT2D eigenvalue weighted by Gasteiger charge is -2.25. The quantitative estimate of drug-likeness (QED) is 0.597.